The third-order valence-corrected chi connectivity index (χ3v) is 15.1. The molecule has 1 spiro atoms. The fourth-order valence-electron chi connectivity index (χ4n) is 12.9. The highest BCUT2D eigenvalue weighted by molar-refractivity contribution is 5.93. The Labute approximate surface area is 325 Å². The van der Waals surface area contributed by atoms with Gasteiger partial charge in [-0.2, -0.15) is 0 Å². The van der Waals surface area contributed by atoms with E-state index in [1.54, 1.807) is 11.1 Å². The van der Waals surface area contributed by atoms with Crippen LogP contribution in [-0.2, 0) is 10.8 Å². The molecule has 4 bridgehead atoms. The van der Waals surface area contributed by atoms with Crippen LogP contribution in [0.5, 0.6) is 0 Å². The van der Waals surface area contributed by atoms with Crippen LogP contribution in [0.3, 0.4) is 0 Å². The van der Waals surface area contributed by atoms with Gasteiger partial charge in [-0.3, -0.25) is 0 Å². The minimum atomic E-state index is -0.0747. The highest BCUT2D eigenvalue weighted by atomic mass is 15.1. The zero-order valence-corrected chi connectivity index (χ0v) is 32.1. The molecule has 6 aliphatic rings. The van der Waals surface area contributed by atoms with Gasteiger partial charge in [0.1, 0.15) is 0 Å². The molecular weight excluding hydrogens is 663 g/mol. The number of rotatable bonds is 4. The van der Waals surface area contributed by atoms with E-state index in [2.05, 4.69) is 171 Å². The average Bonchev–Trinajstić information content (AvgIpc) is 3.61. The van der Waals surface area contributed by atoms with Crippen molar-refractivity contribution in [3.05, 3.63) is 173 Å². The van der Waals surface area contributed by atoms with Gasteiger partial charge < -0.3 is 4.90 Å². The van der Waals surface area contributed by atoms with Crippen molar-refractivity contribution >= 4 is 27.8 Å². The lowest BCUT2D eigenvalue weighted by molar-refractivity contribution is -0.0399. The summed E-state index contributed by atoms with van der Waals surface area (Å²) < 4.78 is 0. The van der Waals surface area contributed by atoms with Gasteiger partial charge in [-0.15, -0.1) is 0 Å². The predicted molar refractivity (Wildman–Crippen MR) is 230 cm³/mol. The molecular formula is C54H47N. The summed E-state index contributed by atoms with van der Waals surface area (Å²) in [5.41, 5.74) is 19.4. The molecule has 6 aliphatic carbocycles. The van der Waals surface area contributed by atoms with Gasteiger partial charge in [-0.1, -0.05) is 123 Å². The van der Waals surface area contributed by atoms with Gasteiger partial charge >= 0.3 is 0 Å². The molecule has 0 aliphatic heterocycles. The smallest absolute Gasteiger partial charge is 0.0468 e. The summed E-state index contributed by atoms with van der Waals surface area (Å²) in [6.45, 7) is 7.00. The zero-order chi connectivity index (χ0) is 36.6. The number of hydrogen-bond donors (Lipinski definition) is 0. The molecule has 0 aromatic heterocycles. The van der Waals surface area contributed by atoms with Gasteiger partial charge in [0.05, 0.1) is 0 Å². The molecule has 4 fully saturated rings. The van der Waals surface area contributed by atoms with E-state index in [1.807, 2.05) is 0 Å². The molecule has 0 N–H and O–H groups in total. The van der Waals surface area contributed by atoms with E-state index in [1.165, 1.54) is 110 Å². The van der Waals surface area contributed by atoms with Crippen molar-refractivity contribution in [2.24, 2.45) is 23.7 Å². The van der Waals surface area contributed by atoms with Crippen LogP contribution < -0.4 is 4.90 Å². The summed E-state index contributed by atoms with van der Waals surface area (Å²) >= 11 is 0. The zero-order valence-electron chi connectivity index (χ0n) is 32.1. The van der Waals surface area contributed by atoms with Crippen molar-refractivity contribution < 1.29 is 0 Å². The second kappa shape index (κ2) is 11.3. The van der Waals surface area contributed by atoms with Crippen molar-refractivity contribution in [3.63, 3.8) is 0 Å². The van der Waals surface area contributed by atoms with E-state index in [4.69, 9.17) is 0 Å². The first kappa shape index (κ1) is 31.9. The van der Waals surface area contributed by atoms with Gasteiger partial charge in [-0.25, -0.2) is 0 Å². The Morgan fingerprint density at radius 1 is 0.436 bits per heavy atom. The van der Waals surface area contributed by atoms with Crippen LogP contribution in [0.4, 0.5) is 17.1 Å². The van der Waals surface area contributed by atoms with Crippen molar-refractivity contribution in [1.29, 1.82) is 0 Å². The average molecular weight is 710 g/mol. The number of benzene rings is 7. The Balaban J connectivity index is 1.07. The number of nitrogens with zero attached hydrogens (tertiary/aromatic N) is 1. The summed E-state index contributed by atoms with van der Waals surface area (Å²) in [7, 11) is 0. The predicted octanol–water partition coefficient (Wildman–Crippen LogP) is 14.3. The molecule has 7 aromatic rings. The maximum absolute atomic E-state index is 2.63. The lowest BCUT2D eigenvalue weighted by atomic mass is 9.43. The van der Waals surface area contributed by atoms with Gasteiger partial charge in [0, 0.05) is 27.9 Å². The Morgan fingerprint density at radius 3 is 1.89 bits per heavy atom. The largest absolute Gasteiger partial charge is 0.310 e. The molecule has 55 heavy (non-hydrogen) atoms. The van der Waals surface area contributed by atoms with Crippen LogP contribution in [0.15, 0.2) is 146 Å². The number of hydrogen-bond acceptors (Lipinski definition) is 1. The lowest BCUT2D eigenvalue weighted by Gasteiger charge is -2.61. The molecule has 4 saturated carbocycles. The standard InChI is InChI=1S/C54H47N/c1-33-9-8-12-37(23-33)39-16-20-47-48-31-43(19-22-50(48)54(52(47)30-39)40-25-34-24-35(27-40)28-41(54)26-34)55(42-17-15-36-10-4-5-11-38(36)29-42)44-18-21-46-45-13-6-7-14-49(45)53(2,3)51(46)32-44/h4-23,29-32,34-35,40-41H,24-28H2,1-3H3. The Kier molecular flexibility index (Phi) is 6.57. The Morgan fingerprint density at radius 2 is 1.07 bits per heavy atom. The number of aryl methyl sites for hydroxylation is 1. The van der Waals surface area contributed by atoms with E-state index in [0.717, 1.165) is 23.7 Å². The van der Waals surface area contributed by atoms with Crippen LogP contribution in [-0.4, -0.2) is 0 Å². The van der Waals surface area contributed by atoms with E-state index in [0.29, 0.717) is 0 Å². The third kappa shape index (κ3) is 4.42. The van der Waals surface area contributed by atoms with Crippen molar-refractivity contribution in [2.75, 3.05) is 4.90 Å². The molecule has 0 radical (unpaired) electrons. The Hall–Kier alpha value is -5.40. The van der Waals surface area contributed by atoms with Gasteiger partial charge in [-0.05, 0) is 172 Å². The summed E-state index contributed by atoms with van der Waals surface area (Å²) in [6, 6.07) is 56.3. The summed E-state index contributed by atoms with van der Waals surface area (Å²) in [5, 5.41) is 2.54. The molecule has 1 nitrogen and oxygen atoms in total. The highest BCUT2D eigenvalue weighted by Crippen LogP contribution is 2.70. The second-order valence-electron chi connectivity index (χ2n) is 18.3. The molecule has 13 rings (SSSR count). The first-order chi connectivity index (χ1) is 26.9. The molecule has 268 valence electrons. The van der Waals surface area contributed by atoms with Gasteiger partial charge in [0.25, 0.3) is 0 Å². The minimum absolute atomic E-state index is 0.0747. The monoisotopic (exact) mass is 709 g/mol. The maximum Gasteiger partial charge on any atom is 0.0468 e. The van der Waals surface area contributed by atoms with E-state index < -0.39 is 0 Å². The first-order valence-electron chi connectivity index (χ1n) is 20.8. The molecule has 0 atom stereocenters. The molecule has 0 amide bonds. The highest BCUT2D eigenvalue weighted by Gasteiger charge is 2.61. The maximum atomic E-state index is 2.63. The minimum Gasteiger partial charge on any atom is -0.310 e. The quantitative estimate of drug-likeness (QED) is 0.176. The SMILES string of the molecule is Cc1cccc(-c2ccc3c(c2)C2(c4ccc(N(c5ccc6c(c5)C(C)(C)c5ccccc5-6)c5ccc6ccccc6c5)cc4-3)C3CC4CC(C3)CC2C4)c1. The molecule has 0 unspecified atom stereocenters. The van der Waals surface area contributed by atoms with Gasteiger partial charge in [0.2, 0.25) is 0 Å². The molecule has 1 heteroatoms. The second-order valence-corrected chi connectivity index (χ2v) is 18.3. The Bertz CT molecular complexity index is 2700. The molecule has 0 saturated heterocycles. The van der Waals surface area contributed by atoms with Crippen molar-refractivity contribution in [1.82, 2.24) is 0 Å². The van der Waals surface area contributed by atoms with Crippen molar-refractivity contribution in [3.8, 4) is 33.4 Å². The van der Waals surface area contributed by atoms with Crippen LogP contribution in [0, 0.1) is 30.6 Å². The van der Waals surface area contributed by atoms with E-state index in [9.17, 15) is 0 Å². The summed E-state index contributed by atoms with van der Waals surface area (Å²) in [5.74, 6) is 3.27. The van der Waals surface area contributed by atoms with E-state index >= 15 is 0 Å². The number of fused-ring (bicyclic) bond motifs is 7. The summed E-state index contributed by atoms with van der Waals surface area (Å²) in [4.78, 5) is 2.54. The van der Waals surface area contributed by atoms with Crippen molar-refractivity contribution in [2.45, 2.75) is 63.7 Å². The van der Waals surface area contributed by atoms with Gasteiger partial charge in [0.15, 0.2) is 0 Å². The van der Waals surface area contributed by atoms with Crippen LogP contribution in [0.1, 0.15) is 73.8 Å². The fourth-order valence-corrected chi connectivity index (χ4v) is 12.9. The van der Waals surface area contributed by atoms with Crippen LogP contribution in [0.2, 0.25) is 0 Å². The van der Waals surface area contributed by atoms with E-state index in [-0.39, 0.29) is 10.8 Å². The lowest BCUT2D eigenvalue weighted by Crippen LogP contribution is -2.55. The topological polar surface area (TPSA) is 3.24 Å². The van der Waals surface area contributed by atoms with Crippen LogP contribution >= 0.6 is 0 Å². The molecule has 0 heterocycles. The number of anilines is 3. The van der Waals surface area contributed by atoms with Crippen LogP contribution in [0.25, 0.3) is 44.2 Å². The molecule has 7 aromatic carbocycles. The first-order valence-corrected chi connectivity index (χ1v) is 20.8. The fraction of sp³-hybridized carbons (Fsp3) is 0.259. The normalized spacial score (nSPS) is 24.5. The summed E-state index contributed by atoms with van der Waals surface area (Å²) in [6.07, 6.45) is 7.02. The third-order valence-electron chi connectivity index (χ3n) is 15.1.